The number of fused-ring (bicyclic) bond motifs is 1. The molecule has 0 N–H and O–H groups in total. The van der Waals surface area contributed by atoms with Crippen LogP contribution in [0.25, 0.3) is 17.0 Å². The zero-order chi connectivity index (χ0) is 25.8. The number of hydrogen-bond acceptors (Lipinski definition) is 5. The van der Waals surface area contributed by atoms with Crippen molar-refractivity contribution in [2.24, 2.45) is 0 Å². The van der Waals surface area contributed by atoms with Crippen molar-refractivity contribution in [2.75, 3.05) is 19.8 Å². The van der Waals surface area contributed by atoms with Gasteiger partial charge in [0, 0.05) is 27.1 Å². The Kier molecular flexibility index (Phi) is 7.88. The molecule has 37 heavy (non-hydrogen) atoms. The SMILES string of the molecule is O=C1S/C(=C\c2cn(CCOc3ccccc3Cl)c3ccc(Br)cc23)C(=O)N1CCOc1ccccc1. The fourth-order valence-electron chi connectivity index (χ4n) is 4.02. The first kappa shape index (κ1) is 25.4. The largest absolute Gasteiger partial charge is 0.492 e. The molecule has 0 spiro atoms. The van der Waals surface area contributed by atoms with Crippen LogP contribution in [0.5, 0.6) is 11.5 Å². The summed E-state index contributed by atoms with van der Waals surface area (Å²) in [6.07, 6.45) is 3.75. The number of benzene rings is 3. The smallest absolute Gasteiger partial charge is 0.293 e. The molecule has 1 aromatic heterocycles. The van der Waals surface area contributed by atoms with Gasteiger partial charge in [-0.25, -0.2) is 0 Å². The molecule has 0 bridgehead atoms. The Hall–Kier alpha value is -3.20. The molecule has 2 amide bonds. The van der Waals surface area contributed by atoms with E-state index in [0.717, 1.165) is 32.7 Å². The van der Waals surface area contributed by atoms with Crippen LogP contribution in [0, 0.1) is 0 Å². The Morgan fingerprint density at radius 2 is 1.68 bits per heavy atom. The lowest BCUT2D eigenvalue weighted by molar-refractivity contribution is -0.123. The summed E-state index contributed by atoms with van der Waals surface area (Å²) in [5, 5.41) is 1.23. The summed E-state index contributed by atoms with van der Waals surface area (Å²) in [4.78, 5) is 27.2. The second kappa shape index (κ2) is 11.5. The number of aromatic nitrogens is 1. The minimum Gasteiger partial charge on any atom is -0.492 e. The highest BCUT2D eigenvalue weighted by molar-refractivity contribution is 9.10. The first-order chi connectivity index (χ1) is 18.0. The lowest BCUT2D eigenvalue weighted by Crippen LogP contribution is -2.32. The zero-order valence-corrected chi connectivity index (χ0v) is 22.8. The molecule has 0 unspecified atom stereocenters. The molecule has 0 radical (unpaired) electrons. The number of thioether (sulfide) groups is 1. The van der Waals surface area contributed by atoms with Gasteiger partial charge in [0.15, 0.2) is 0 Å². The minimum absolute atomic E-state index is 0.184. The maximum Gasteiger partial charge on any atom is 0.293 e. The van der Waals surface area contributed by atoms with Crippen LogP contribution in [0.15, 0.2) is 88.4 Å². The van der Waals surface area contributed by atoms with Gasteiger partial charge in [-0.1, -0.05) is 57.9 Å². The van der Waals surface area contributed by atoms with Crippen molar-refractivity contribution >= 4 is 67.4 Å². The molecule has 1 aliphatic rings. The summed E-state index contributed by atoms with van der Waals surface area (Å²) >= 11 is 10.7. The molecule has 4 aromatic rings. The third kappa shape index (κ3) is 5.87. The van der Waals surface area contributed by atoms with Crippen LogP contribution >= 0.6 is 39.3 Å². The quantitative estimate of drug-likeness (QED) is 0.190. The second-order valence-electron chi connectivity index (χ2n) is 8.21. The van der Waals surface area contributed by atoms with Crippen LogP contribution in [0.4, 0.5) is 4.79 Å². The van der Waals surface area contributed by atoms with E-state index in [0.29, 0.717) is 34.6 Å². The molecular formula is C28H22BrClN2O4S. The number of carbonyl (C=O) groups excluding carboxylic acids is 2. The molecule has 0 atom stereocenters. The maximum absolute atomic E-state index is 13.0. The van der Waals surface area contributed by atoms with Gasteiger partial charge in [0.05, 0.1) is 23.0 Å². The number of halogens is 2. The highest BCUT2D eigenvalue weighted by atomic mass is 79.9. The number of imide groups is 1. The van der Waals surface area contributed by atoms with E-state index in [4.69, 9.17) is 21.1 Å². The molecule has 0 saturated carbocycles. The molecule has 1 aliphatic heterocycles. The lowest BCUT2D eigenvalue weighted by atomic mass is 10.1. The normalized spacial score (nSPS) is 14.6. The third-order valence-electron chi connectivity index (χ3n) is 5.79. The molecule has 0 aliphatic carbocycles. The number of carbonyl (C=O) groups is 2. The van der Waals surface area contributed by atoms with Crippen molar-refractivity contribution in [2.45, 2.75) is 6.54 Å². The Morgan fingerprint density at radius 3 is 2.49 bits per heavy atom. The van der Waals surface area contributed by atoms with E-state index in [9.17, 15) is 9.59 Å². The molecule has 6 nitrogen and oxygen atoms in total. The van der Waals surface area contributed by atoms with Gasteiger partial charge in [-0.3, -0.25) is 14.5 Å². The van der Waals surface area contributed by atoms with Gasteiger partial charge in [0.2, 0.25) is 0 Å². The van der Waals surface area contributed by atoms with Crippen LogP contribution in [-0.4, -0.2) is 40.4 Å². The number of para-hydroxylation sites is 2. The van der Waals surface area contributed by atoms with Gasteiger partial charge in [0.25, 0.3) is 11.1 Å². The van der Waals surface area contributed by atoms with Crippen LogP contribution < -0.4 is 9.47 Å². The first-order valence-electron chi connectivity index (χ1n) is 11.6. The van der Waals surface area contributed by atoms with E-state index in [1.807, 2.05) is 72.9 Å². The van der Waals surface area contributed by atoms with Gasteiger partial charge < -0.3 is 14.0 Å². The Labute approximate surface area is 231 Å². The zero-order valence-electron chi connectivity index (χ0n) is 19.6. The molecule has 1 saturated heterocycles. The van der Waals surface area contributed by atoms with Crippen molar-refractivity contribution in [1.29, 1.82) is 0 Å². The fraction of sp³-hybridized carbons (Fsp3) is 0.143. The molecule has 9 heteroatoms. The summed E-state index contributed by atoms with van der Waals surface area (Å²) < 4.78 is 14.5. The summed E-state index contributed by atoms with van der Waals surface area (Å²) in [7, 11) is 0. The van der Waals surface area contributed by atoms with Gasteiger partial charge in [0.1, 0.15) is 24.7 Å². The molecule has 2 heterocycles. The average molecular weight is 598 g/mol. The van der Waals surface area contributed by atoms with E-state index >= 15 is 0 Å². The van der Waals surface area contributed by atoms with E-state index in [1.54, 1.807) is 12.1 Å². The molecule has 188 valence electrons. The topological polar surface area (TPSA) is 60.8 Å². The number of amides is 2. The first-order valence-corrected chi connectivity index (χ1v) is 13.6. The van der Waals surface area contributed by atoms with Crippen LogP contribution in [-0.2, 0) is 11.3 Å². The van der Waals surface area contributed by atoms with Gasteiger partial charge in [-0.15, -0.1) is 0 Å². The Balaban J connectivity index is 1.32. The number of hydrogen-bond donors (Lipinski definition) is 0. The number of rotatable bonds is 9. The Morgan fingerprint density at radius 1 is 0.919 bits per heavy atom. The predicted octanol–water partition coefficient (Wildman–Crippen LogP) is 7.25. The number of nitrogens with zero attached hydrogens (tertiary/aromatic N) is 2. The standard InChI is InChI=1S/C28H22BrClN2O4S/c29-20-10-11-24-22(17-20)19(18-31(24)12-14-36-25-9-5-4-8-23(25)30)16-26-27(33)32(28(34)37-26)13-15-35-21-6-2-1-3-7-21/h1-11,16-18H,12-15H2/b26-16-. The average Bonchev–Trinajstić information content (AvgIpc) is 3.37. The molecule has 1 fully saturated rings. The van der Waals surface area contributed by atoms with Crippen LogP contribution in [0.1, 0.15) is 5.56 Å². The van der Waals surface area contributed by atoms with E-state index in [-0.39, 0.29) is 24.3 Å². The molecular weight excluding hydrogens is 576 g/mol. The van der Waals surface area contributed by atoms with Crippen molar-refractivity contribution < 1.29 is 19.1 Å². The summed E-state index contributed by atoms with van der Waals surface area (Å²) in [6, 6.07) is 22.7. The van der Waals surface area contributed by atoms with E-state index in [2.05, 4.69) is 20.5 Å². The third-order valence-corrected chi connectivity index (χ3v) is 7.50. The van der Waals surface area contributed by atoms with Gasteiger partial charge in [-0.2, -0.15) is 0 Å². The highest BCUT2D eigenvalue weighted by Gasteiger charge is 2.35. The minimum atomic E-state index is -0.315. The van der Waals surface area contributed by atoms with E-state index in [1.165, 1.54) is 4.90 Å². The predicted molar refractivity (Wildman–Crippen MR) is 151 cm³/mol. The summed E-state index contributed by atoms with van der Waals surface area (Å²) in [6.45, 7) is 1.41. The maximum atomic E-state index is 13.0. The van der Waals surface area contributed by atoms with Gasteiger partial charge >= 0.3 is 0 Å². The van der Waals surface area contributed by atoms with Crippen LogP contribution in [0.2, 0.25) is 5.02 Å². The molecule has 3 aromatic carbocycles. The van der Waals surface area contributed by atoms with Crippen LogP contribution in [0.3, 0.4) is 0 Å². The number of ether oxygens (including phenoxy) is 2. The second-order valence-corrected chi connectivity index (χ2v) is 10.5. The Bertz CT molecular complexity index is 1490. The monoisotopic (exact) mass is 596 g/mol. The lowest BCUT2D eigenvalue weighted by Gasteiger charge is -2.13. The highest BCUT2D eigenvalue weighted by Crippen LogP contribution is 2.35. The van der Waals surface area contributed by atoms with Crippen molar-refractivity contribution in [1.82, 2.24) is 9.47 Å². The summed E-state index contributed by atoms with van der Waals surface area (Å²) in [5.41, 5.74) is 1.84. The fourth-order valence-corrected chi connectivity index (χ4v) is 5.43. The summed E-state index contributed by atoms with van der Waals surface area (Å²) in [5.74, 6) is 1.01. The van der Waals surface area contributed by atoms with Crippen molar-refractivity contribution in [3.63, 3.8) is 0 Å². The van der Waals surface area contributed by atoms with E-state index < -0.39 is 0 Å². The molecule has 5 rings (SSSR count). The van der Waals surface area contributed by atoms with Crippen molar-refractivity contribution in [3.05, 3.63) is 99.0 Å². The van der Waals surface area contributed by atoms with Crippen molar-refractivity contribution in [3.8, 4) is 11.5 Å². The van der Waals surface area contributed by atoms with Gasteiger partial charge in [-0.05, 0) is 60.3 Å².